The lowest BCUT2D eigenvalue weighted by Gasteiger charge is -2.14. The molecule has 0 aliphatic carbocycles. The average molecular weight is 275 g/mol. The van der Waals surface area contributed by atoms with Gasteiger partial charge in [-0.3, -0.25) is 4.79 Å². The molecular weight excluding hydrogens is 254 g/mol. The highest BCUT2D eigenvalue weighted by Gasteiger charge is 2.17. The first-order valence-electron chi connectivity index (χ1n) is 5.91. The van der Waals surface area contributed by atoms with E-state index in [0.29, 0.717) is 19.3 Å². The summed E-state index contributed by atoms with van der Waals surface area (Å²) in [6.45, 7) is 3.66. The minimum absolute atomic E-state index is 0.0610. The summed E-state index contributed by atoms with van der Waals surface area (Å²) >= 11 is 0. The molecule has 0 atom stereocenters. The molecule has 6 heteroatoms. The first kappa shape index (κ1) is 16.9. The maximum atomic E-state index is 11.6. The summed E-state index contributed by atoms with van der Waals surface area (Å²) in [6, 6.07) is 2.18. The zero-order valence-electron chi connectivity index (χ0n) is 11.2. The van der Waals surface area contributed by atoms with E-state index in [9.17, 15) is 13.2 Å². The number of hydrogen-bond donors (Lipinski definition) is 0. The standard InChI is InChI=1S/C12H21NO4S/c1-12(2,10-13)7-4-5-8-18(15,16)9-6-11(14)17-3/h4-9H2,1-3H3. The Balaban J connectivity index is 3.92. The van der Waals surface area contributed by atoms with Crippen LogP contribution in [0.4, 0.5) is 0 Å². The van der Waals surface area contributed by atoms with Crippen molar-refractivity contribution in [1.82, 2.24) is 0 Å². The second-order valence-electron chi connectivity index (χ2n) is 4.93. The summed E-state index contributed by atoms with van der Waals surface area (Å²) in [4.78, 5) is 10.8. The Morgan fingerprint density at radius 1 is 1.28 bits per heavy atom. The SMILES string of the molecule is COC(=O)CCS(=O)(=O)CCCCC(C)(C)C#N. The van der Waals surface area contributed by atoms with Gasteiger partial charge in [-0.1, -0.05) is 6.42 Å². The first-order chi connectivity index (χ1) is 8.22. The lowest BCUT2D eigenvalue weighted by molar-refractivity contribution is -0.140. The summed E-state index contributed by atoms with van der Waals surface area (Å²) in [6.07, 6.45) is 1.80. The molecule has 0 amide bonds. The molecule has 0 spiro atoms. The second-order valence-corrected chi connectivity index (χ2v) is 7.23. The Labute approximate surface area is 109 Å². The molecule has 0 saturated carbocycles. The third-order valence-corrected chi connectivity index (χ3v) is 4.39. The van der Waals surface area contributed by atoms with Gasteiger partial charge in [0.1, 0.15) is 0 Å². The zero-order chi connectivity index (χ0) is 14.2. The van der Waals surface area contributed by atoms with Crippen LogP contribution in [0.25, 0.3) is 0 Å². The lowest BCUT2D eigenvalue weighted by atomic mass is 9.89. The summed E-state index contributed by atoms with van der Waals surface area (Å²) in [5.41, 5.74) is -0.407. The topological polar surface area (TPSA) is 84.2 Å². The number of hydrogen-bond acceptors (Lipinski definition) is 5. The van der Waals surface area contributed by atoms with Gasteiger partial charge in [-0.25, -0.2) is 8.42 Å². The molecule has 18 heavy (non-hydrogen) atoms. The van der Waals surface area contributed by atoms with Crippen molar-refractivity contribution in [2.45, 2.75) is 39.5 Å². The highest BCUT2D eigenvalue weighted by atomic mass is 32.2. The van der Waals surface area contributed by atoms with E-state index in [4.69, 9.17) is 5.26 Å². The number of carbonyl (C=O) groups is 1. The van der Waals surface area contributed by atoms with Gasteiger partial charge in [0.15, 0.2) is 9.84 Å². The van der Waals surface area contributed by atoms with Gasteiger partial charge in [0.25, 0.3) is 0 Å². The molecule has 0 radical (unpaired) electrons. The van der Waals surface area contributed by atoms with Crippen LogP contribution in [0.1, 0.15) is 39.5 Å². The van der Waals surface area contributed by atoms with Gasteiger partial charge < -0.3 is 4.74 Å². The Kier molecular flexibility index (Phi) is 6.92. The van der Waals surface area contributed by atoms with Crippen LogP contribution in [-0.4, -0.2) is 33.0 Å². The molecule has 0 saturated heterocycles. The normalized spacial score (nSPS) is 11.9. The highest BCUT2D eigenvalue weighted by Crippen LogP contribution is 2.21. The summed E-state index contributed by atoms with van der Waals surface area (Å²) in [5, 5.41) is 8.81. The van der Waals surface area contributed by atoms with Gasteiger partial charge >= 0.3 is 5.97 Å². The molecule has 0 heterocycles. The number of methoxy groups -OCH3 is 1. The number of esters is 1. The molecule has 0 aromatic rings. The second kappa shape index (κ2) is 7.37. The molecular formula is C12H21NO4S. The zero-order valence-corrected chi connectivity index (χ0v) is 12.0. The number of nitrogens with zero attached hydrogens (tertiary/aromatic N) is 1. The van der Waals surface area contributed by atoms with Crippen molar-refractivity contribution < 1.29 is 17.9 Å². The monoisotopic (exact) mass is 275 g/mol. The van der Waals surface area contributed by atoms with E-state index < -0.39 is 21.2 Å². The molecule has 0 aliphatic heterocycles. The lowest BCUT2D eigenvalue weighted by Crippen LogP contribution is -2.16. The molecule has 0 rings (SSSR count). The Morgan fingerprint density at radius 3 is 2.39 bits per heavy atom. The Morgan fingerprint density at radius 2 is 1.89 bits per heavy atom. The molecule has 5 nitrogen and oxygen atoms in total. The van der Waals surface area contributed by atoms with Crippen molar-refractivity contribution in [3.05, 3.63) is 0 Å². The smallest absolute Gasteiger partial charge is 0.306 e. The number of nitriles is 1. The molecule has 0 fully saturated rings. The van der Waals surface area contributed by atoms with E-state index in [1.807, 2.05) is 13.8 Å². The molecule has 0 aromatic heterocycles. The van der Waals surface area contributed by atoms with Crippen LogP contribution in [0.3, 0.4) is 0 Å². The van der Waals surface area contributed by atoms with Crippen LogP contribution in [-0.2, 0) is 19.4 Å². The van der Waals surface area contributed by atoms with Crippen LogP contribution in [0.5, 0.6) is 0 Å². The predicted octanol–water partition coefficient (Wildman–Crippen LogP) is 1.68. The van der Waals surface area contributed by atoms with Crippen molar-refractivity contribution in [1.29, 1.82) is 5.26 Å². The summed E-state index contributed by atoms with van der Waals surface area (Å²) < 4.78 is 27.5. The van der Waals surface area contributed by atoms with E-state index in [1.54, 1.807) is 0 Å². The van der Waals surface area contributed by atoms with Crippen molar-refractivity contribution in [3.8, 4) is 6.07 Å². The van der Waals surface area contributed by atoms with Gasteiger partial charge in [-0.05, 0) is 26.7 Å². The predicted molar refractivity (Wildman–Crippen MR) is 68.5 cm³/mol. The number of rotatable bonds is 8. The number of unbranched alkanes of at least 4 members (excludes halogenated alkanes) is 1. The molecule has 0 aromatic carbocycles. The first-order valence-corrected chi connectivity index (χ1v) is 7.73. The van der Waals surface area contributed by atoms with E-state index in [1.165, 1.54) is 7.11 Å². The fourth-order valence-electron chi connectivity index (χ4n) is 1.39. The van der Waals surface area contributed by atoms with Gasteiger partial charge in [0.05, 0.1) is 36.5 Å². The minimum Gasteiger partial charge on any atom is -0.469 e. The van der Waals surface area contributed by atoms with Crippen LogP contribution in [0.2, 0.25) is 0 Å². The fraction of sp³-hybridized carbons (Fsp3) is 0.833. The molecule has 0 bridgehead atoms. The van der Waals surface area contributed by atoms with E-state index >= 15 is 0 Å². The van der Waals surface area contributed by atoms with E-state index in [2.05, 4.69) is 10.8 Å². The van der Waals surface area contributed by atoms with Crippen molar-refractivity contribution in [2.24, 2.45) is 5.41 Å². The van der Waals surface area contributed by atoms with Gasteiger partial charge in [0.2, 0.25) is 0 Å². The Hall–Kier alpha value is -1.09. The van der Waals surface area contributed by atoms with Crippen LogP contribution < -0.4 is 0 Å². The largest absolute Gasteiger partial charge is 0.469 e. The van der Waals surface area contributed by atoms with Crippen LogP contribution in [0.15, 0.2) is 0 Å². The van der Waals surface area contributed by atoms with E-state index in [0.717, 1.165) is 0 Å². The molecule has 0 N–H and O–H groups in total. The van der Waals surface area contributed by atoms with Crippen LogP contribution >= 0.6 is 0 Å². The van der Waals surface area contributed by atoms with Crippen molar-refractivity contribution in [3.63, 3.8) is 0 Å². The fourth-order valence-corrected chi connectivity index (χ4v) is 2.71. The minimum atomic E-state index is -3.19. The number of ether oxygens (including phenoxy) is 1. The molecule has 104 valence electrons. The number of sulfone groups is 1. The quantitative estimate of drug-likeness (QED) is 0.497. The average Bonchev–Trinajstić information content (AvgIpc) is 2.32. The van der Waals surface area contributed by atoms with Gasteiger partial charge in [0, 0.05) is 0 Å². The third kappa shape index (κ3) is 8.07. The number of carbonyl (C=O) groups excluding carboxylic acids is 1. The summed E-state index contributed by atoms with van der Waals surface area (Å²) in [5.74, 6) is -0.614. The van der Waals surface area contributed by atoms with Crippen molar-refractivity contribution >= 4 is 15.8 Å². The third-order valence-electron chi connectivity index (χ3n) is 2.65. The van der Waals surface area contributed by atoms with Gasteiger partial charge in [-0.15, -0.1) is 0 Å². The Bertz CT molecular complexity index is 406. The molecule has 0 aliphatic rings. The maximum Gasteiger partial charge on any atom is 0.306 e. The summed E-state index contributed by atoms with van der Waals surface area (Å²) in [7, 11) is -1.96. The van der Waals surface area contributed by atoms with E-state index in [-0.39, 0.29) is 17.9 Å². The van der Waals surface area contributed by atoms with Crippen LogP contribution in [0, 0.1) is 16.7 Å². The van der Waals surface area contributed by atoms with Crippen molar-refractivity contribution in [2.75, 3.05) is 18.6 Å². The van der Waals surface area contributed by atoms with Gasteiger partial charge in [-0.2, -0.15) is 5.26 Å². The molecule has 0 unspecified atom stereocenters. The maximum absolute atomic E-state index is 11.6. The highest BCUT2D eigenvalue weighted by molar-refractivity contribution is 7.91.